The average Bonchev–Trinajstić information content (AvgIpc) is 2.91. The monoisotopic (exact) mass is 315 g/mol. The lowest BCUT2D eigenvalue weighted by Crippen LogP contribution is -2.29. The SMILES string of the molecule is Cc1cscc1-c1ccc(C(C)(C)C(=O)CCC(C)C)cn1. The van der Waals surface area contributed by atoms with Crippen molar-refractivity contribution in [3.63, 3.8) is 0 Å². The van der Waals surface area contributed by atoms with Crippen LogP contribution < -0.4 is 0 Å². The highest BCUT2D eigenvalue weighted by molar-refractivity contribution is 7.08. The molecule has 2 rings (SSSR count). The Morgan fingerprint density at radius 3 is 2.50 bits per heavy atom. The molecule has 0 fully saturated rings. The zero-order valence-electron chi connectivity index (χ0n) is 14.1. The smallest absolute Gasteiger partial charge is 0.142 e. The molecule has 0 aliphatic carbocycles. The van der Waals surface area contributed by atoms with Crippen LogP contribution >= 0.6 is 11.3 Å². The van der Waals surface area contributed by atoms with Gasteiger partial charge in [-0.25, -0.2) is 0 Å². The molecule has 0 bridgehead atoms. The number of carbonyl (C=O) groups is 1. The summed E-state index contributed by atoms with van der Waals surface area (Å²) in [7, 11) is 0. The summed E-state index contributed by atoms with van der Waals surface area (Å²) < 4.78 is 0. The fraction of sp³-hybridized carbons (Fsp3) is 0.474. The highest BCUT2D eigenvalue weighted by Crippen LogP contribution is 2.29. The fourth-order valence-electron chi connectivity index (χ4n) is 2.44. The maximum Gasteiger partial charge on any atom is 0.142 e. The lowest BCUT2D eigenvalue weighted by Gasteiger charge is -2.24. The molecule has 0 radical (unpaired) electrons. The Kier molecular flexibility index (Phi) is 5.17. The van der Waals surface area contributed by atoms with E-state index in [1.54, 1.807) is 11.3 Å². The first-order valence-corrected chi connectivity index (χ1v) is 8.79. The summed E-state index contributed by atoms with van der Waals surface area (Å²) in [5.74, 6) is 0.851. The molecule has 0 atom stereocenters. The van der Waals surface area contributed by atoms with Crippen molar-refractivity contribution in [3.05, 3.63) is 40.2 Å². The number of rotatable bonds is 6. The molecule has 3 heteroatoms. The van der Waals surface area contributed by atoms with Gasteiger partial charge in [-0.3, -0.25) is 9.78 Å². The van der Waals surface area contributed by atoms with Crippen LogP contribution in [-0.4, -0.2) is 10.8 Å². The summed E-state index contributed by atoms with van der Waals surface area (Å²) in [4.78, 5) is 17.1. The number of carbonyl (C=O) groups excluding carboxylic acids is 1. The van der Waals surface area contributed by atoms with E-state index < -0.39 is 5.41 Å². The minimum Gasteiger partial charge on any atom is -0.299 e. The van der Waals surface area contributed by atoms with Crippen molar-refractivity contribution in [2.24, 2.45) is 5.92 Å². The molecule has 2 nitrogen and oxygen atoms in total. The van der Waals surface area contributed by atoms with Crippen LogP contribution in [0.15, 0.2) is 29.1 Å². The molecule has 0 amide bonds. The number of pyridine rings is 1. The number of aryl methyl sites for hydroxylation is 1. The Balaban J connectivity index is 2.18. The second kappa shape index (κ2) is 6.74. The van der Waals surface area contributed by atoms with E-state index in [0.717, 1.165) is 17.7 Å². The van der Waals surface area contributed by atoms with Crippen molar-refractivity contribution in [2.75, 3.05) is 0 Å². The van der Waals surface area contributed by atoms with E-state index in [0.29, 0.717) is 18.1 Å². The number of Topliss-reactive ketones (excluding diaryl/α,β-unsaturated/α-hetero) is 1. The van der Waals surface area contributed by atoms with Crippen LogP contribution in [0.1, 0.15) is 51.7 Å². The van der Waals surface area contributed by atoms with Crippen molar-refractivity contribution in [2.45, 2.75) is 52.9 Å². The first-order chi connectivity index (χ1) is 10.3. The standard InChI is InChI=1S/C19H25NOS/c1-13(2)6-9-18(21)19(4,5)15-7-8-17(20-10-15)16-12-22-11-14(16)3/h7-8,10-13H,6,9H2,1-5H3. The Hall–Kier alpha value is -1.48. The summed E-state index contributed by atoms with van der Waals surface area (Å²) >= 11 is 1.69. The van der Waals surface area contributed by atoms with Crippen LogP contribution in [-0.2, 0) is 10.2 Å². The summed E-state index contributed by atoms with van der Waals surface area (Å²) in [6, 6.07) is 4.08. The van der Waals surface area contributed by atoms with Gasteiger partial charge in [0, 0.05) is 29.0 Å². The molecular formula is C19H25NOS. The summed E-state index contributed by atoms with van der Waals surface area (Å²) in [5.41, 5.74) is 3.94. The molecule has 22 heavy (non-hydrogen) atoms. The largest absolute Gasteiger partial charge is 0.299 e. The zero-order valence-corrected chi connectivity index (χ0v) is 15.0. The minimum absolute atomic E-state index is 0.294. The molecule has 0 aromatic carbocycles. The van der Waals surface area contributed by atoms with Gasteiger partial charge in [0.05, 0.1) is 5.69 Å². The Bertz CT molecular complexity index is 638. The van der Waals surface area contributed by atoms with Crippen molar-refractivity contribution in [1.82, 2.24) is 4.98 Å². The van der Waals surface area contributed by atoms with Gasteiger partial charge in [-0.1, -0.05) is 19.9 Å². The van der Waals surface area contributed by atoms with Gasteiger partial charge in [0.1, 0.15) is 5.78 Å². The normalized spacial score (nSPS) is 11.9. The van der Waals surface area contributed by atoms with Crippen molar-refractivity contribution in [1.29, 1.82) is 0 Å². The Morgan fingerprint density at radius 2 is 2.00 bits per heavy atom. The van der Waals surface area contributed by atoms with Gasteiger partial charge >= 0.3 is 0 Å². The van der Waals surface area contributed by atoms with Crippen LogP contribution in [0.25, 0.3) is 11.3 Å². The lowest BCUT2D eigenvalue weighted by atomic mass is 9.79. The first kappa shape index (κ1) is 16.9. The maximum absolute atomic E-state index is 12.5. The van der Waals surface area contributed by atoms with E-state index in [4.69, 9.17) is 0 Å². The molecule has 118 valence electrons. The van der Waals surface area contributed by atoms with E-state index in [1.807, 2.05) is 32.2 Å². The molecule has 0 unspecified atom stereocenters. The Morgan fingerprint density at radius 1 is 1.27 bits per heavy atom. The maximum atomic E-state index is 12.5. The van der Waals surface area contributed by atoms with Gasteiger partial charge in [0.25, 0.3) is 0 Å². The predicted molar refractivity (Wildman–Crippen MR) is 94.4 cm³/mol. The molecule has 2 aromatic rings. The number of nitrogens with zero attached hydrogens (tertiary/aromatic N) is 1. The fourth-order valence-corrected chi connectivity index (χ4v) is 3.28. The molecule has 0 aliphatic rings. The van der Waals surface area contributed by atoms with E-state index in [-0.39, 0.29) is 0 Å². The molecule has 2 aromatic heterocycles. The number of hydrogen-bond donors (Lipinski definition) is 0. The van der Waals surface area contributed by atoms with E-state index >= 15 is 0 Å². The van der Waals surface area contributed by atoms with Gasteiger partial charge in [-0.05, 0) is 55.7 Å². The van der Waals surface area contributed by atoms with Crippen LogP contribution in [0.2, 0.25) is 0 Å². The quantitative estimate of drug-likeness (QED) is 0.714. The van der Waals surface area contributed by atoms with Gasteiger partial charge in [-0.2, -0.15) is 11.3 Å². The molecule has 0 N–H and O–H groups in total. The average molecular weight is 315 g/mol. The number of hydrogen-bond acceptors (Lipinski definition) is 3. The number of ketones is 1. The molecular weight excluding hydrogens is 290 g/mol. The van der Waals surface area contributed by atoms with Gasteiger partial charge in [-0.15, -0.1) is 0 Å². The van der Waals surface area contributed by atoms with Crippen LogP contribution in [0, 0.1) is 12.8 Å². The lowest BCUT2D eigenvalue weighted by molar-refractivity contribution is -0.123. The summed E-state index contributed by atoms with van der Waals surface area (Å²) in [6.45, 7) is 10.4. The molecule has 0 saturated heterocycles. The summed E-state index contributed by atoms with van der Waals surface area (Å²) in [5, 5.41) is 4.25. The molecule has 0 aliphatic heterocycles. The van der Waals surface area contributed by atoms with Crippen LogP contribution in [0.4, 0.5) is 0 Å². The van der Waals surface area contributed by atoms with Crippen molar-refractivity contribution >= 4 is 17.1 Å². The van der Waals surface area contributed by atoms with E-state index in [9.17, 15) is 4.79 Å². The summed E-state index contributed by atoms with van der Waals surface area (Å²) in [6.07, 6.45) is 3.44. The van der Waals surface area contributed by atoms with E-state index in [1.165, 1.54) is 11.1 Å². The number of thiophene rings is 1. The molecule has 2 heterocycles. The van der Waals surface area contributed by atoms with E-state index in [2.05, 4.69) is 36.5 Å². The molecule has 0 saturated carbocycles. The third-order valence-corrected chi connectivity index (χ3v) is 5.12. The minimum atomic E-state index is -0.468. The van der Waals surface area contributed by atoms with Crippen LogP contribution in [0.5, 0.6) is 0 Å². The van der Waals surface area contributed by atoms with Gasteiger partial charge in [0.15, 0.2) is 0 Å². The third-order valence-electron chi connectivity index (χ3n) is 4.26. The molecule has 0 spiro atoms. The highest BCUT2D eigenvalue weighted by Gasteiger charge is 2.29. The topological polar surface area (TPSA) is 30.0 Å². The zero-order chi connectivity index (χ0) is 16.3. The van der Waals surface area contributed by atoms with Gasteiger partial charge < -0.3 is 0 Å². The first-order valence-electron chi connectivity index (χ1n) is 7.85. The predicted octanol–water partition coefficient (Wildman–Crippen LogP) is 5.40. The third kappa shape index (κ3) is 3.64. The number of aromatic nitrogens is 1. The second-order valence-corrected chi connectivity index (χ2v) is 7.62. The second-order valence-electron chi connectivity index (χ2n) is 6.88. The Labute approximate surface area is 137 Å². The van der Waals surface area contributed by atoms with Crippen LogP contribution in [0.3, 0.4) is 0 Å². The van der Waals surface area contributed by atoms with Gasteiger partial charge in [0.2, 0.25) is 0 Å². The van der Waals surface area contributed by atoms with Crippen molar-refractivity contribution < 1.29 is 4.79 Å². The van der Waals surface area contributed by atoms with Crippen molar-refractivity contribution in [3.8, 4) is 11.3 Å². The highest BCUT2D eigenvalue weighted by atomic mass is 32.1.